The molecular weight excluding hydrogens is 346 g/mol. The number of benzene rings is 1. The number of aromatic nitrogens is 8. The molecule has 0 saturated heterocycles. The van der Waals surface area contributed by atoms with Crippen LogP contribution in [-0.2, 0) is 11.3 Å². The van der Waals surface area contributed by atoms with Crippen molar-refractivity contribution >= 4 is 5.91 Å². The van der Waals surface area contributed by atoms with E-state index in [9.17, 15) is 4.79 Å². The fourth-order valence-corrected chi connectivity index (χ4v) is 3.36. The van der Waals surface area contributed by atoms with E-state index >= 15 is 0 Å². The molecule has 10 heteroatoms. The smallest absolute Gasteiger partial charge is 0.243 e. The molecule has 1 aliphatic rings. The summed E-state index contributed by atoms with van der Waals surface area (Å²) in [6.07, 6.45) is 7.19. The van der Waals surface area contributed by atoms with Crippen LogP contribution in [0.1, 0.15) is 37.7 Å². The second kappa shape index (κ2) is 7.60. The van der Waals surface area contributed by atoms with Gasteiger partial charge in [-0.3, -0.25) is 4.79 Å². The van der Waals surface area contributed by atoms with Crippen LogP contribution in [0.4, 0.5) is 0 Å². The fraction of sp³-hybridized carbons (Fsp3) is 0.471. The minimum atomic E-state index is -0.0875. The fourth-order valence-electron chi connectivity index (χ4n) is 3.36. The number of aryl methyl sites for hydroxylation is 1. The second-order valence-corrected chi connectivity index (χ2v) is 6.82. The Hall–Kier alpha value is -3.17. The Bertz CT molecular complexity index is 912. The number of carbonyl (C=O) groups is 1. The molecule has 1 aliphatic carbocycles. The van der Waals surface area contributed by atoms with Gasteiger partial charge in [-0.05, 0) is 53.1 Å². The van der Waals surface area contributed by atoms with Crippen LogP contribution in [0.2, 0.25) is 0 Å². The van der Waals surface area contributed by atoms with Gasteiger partial charge in [-0.2, -0.15) is 9.48 Å². The lowest BCUT2D eigenvalue weighted by Gasteiger charge is -2.22. The highest BCUT2D eigenvalue weighted by atomic mass is 16.2. The van der Waals surface area contributed by atoms with E-state index in [0.29, 0.717) is 5.82 Å². The third-order valence-electron chi connectivity index (χ3n) is 4.70. The number of rotatable bonds is 5. The van der Waals surface area contributed by atoms with Gasteiger partial charge in [0.2, 0.25) is 11.7 Å². The predicted octanol–water partition coefficient (Wildman–Crippen LogP) is 1.07. The maximum Gasteiger partial charge on any atom is 0.243 e. The molecule has 140 valence electrons. The lowest BCUT2D eigenvalue weighted by molar-refractivity contribution is -0.123. The normalized spacial score (nSPS) is 15.0. The number of hydrogen-bond acceptors (Lipinski definition) is 7. The number of hydrogen-bond donors (Lipinski definition) is 1. The summed E-state index contributed by atoms with van der Waals surface area (Å²) in [5.74, 6) is 0.335. The first-order chi connectivity index (χ1) is 13.2. The van der Waals surface area contributed by atoms with Gasteiger partial charge in [0.15, 0.2) is 0 Å². The van der Waals surface area contributed by atoms with Crippen LogP contribution >= 0.6 is 0 Å². The van der Waals surface area contributed by atoms with Gasteiger partial charge in [0.25, 0.3) is 0 Å². The molecule has 2 heterocycles. The van der Waals surface area contributed by atoms with Crippen molar-refractivity contribution in [2.75, 3.05) is 0 Å². The molecule has 0 bridgehead atoms. The van der Waals surface area contributed by atoms with Crippen molar-refractivity contribution in [3.05, 3.63) is 30.1 Å². The standard InChI is InChI=1S/C17H21N9O/c1-12-7-8-14(15(9-12)25-11-18-22-24-25)17-20-23-26(21-17)10-16(27)19-13-5-3-2-4-6-13/h7-9,11,13H,2-6,10H2,1H3,(H,19,27). The first-order valence-corrected chi connectivity index (χ1v) is 9.10. The van der Waals surface area contributed by atoms with E-state index in [2.05, 4.69) is 36.3 Å². The molecule has 0 radical (unpaired) electrons. The predicted molar refractivity (Wildman–Crippen MR) is 95.7 cm³/mol. The highest BCUT2D eigenvalue weighted by Crippen LogP contribution is 2.23. The topological polar surface area (TPSA) is 116 Å². The van der Waals surface area contributed by atoms with E-state index in [-0.39, 0.29) is 18.5 Å². The number of carbonyl (C=O) groups excluding carboxylic acids is 1. The molecule has 0 atom stereocenters. The summed E-state index contributed by atoms with van der Waals surface area (Å²) in [5, 5.41) is 26.9. The van der Waals surface area contributed by atoms with Crippen LogP contribution < -0.4 is 5.32 Å². The van der Waals surface area contributed by atoms with Crippen molar-refractivity contribution < 1.29 is 4.79 Å². The third kappa shape index (κ3) is 3.99. The Labute approximate surface area is 156 Å². The third-order valence-corrected chi connectivity index (χ3v) is 4.70. The van der Waals surface area contributed by atoms with Crippen molar-refractivity contribution in [1.29, 1.82) is 0 Å². The van der Waals surface area contributed by atoms with Crippen molar-refractivity contribution in [3.8, 4) is 17.1 Å². The van der Waals surface area contributed by atoms with Crippen LogP contribution in [-0.4, -0.2) is 52.4 Å². The van der Waals surface area contributed by atoms with Crippen molar-refractivity contribution in [2.24, 2.45) is 0 Å². The van der Waals surface area contributed by atoms with E-state index in [4.69, 9.17) is 0 Å². The van der Waals surface area contributed by atoms with Gasteiger partial charge < -0.3 is 5.32 Å². The molecule has 3 aromatic rings. The van der Waals surface area contributed by atoms with E-state index in [1.165, 1.54) is 30.4 Å². The van der Waals surface area contributed by atoms with Crippen molar-refractivity contribution in [3.63, 3.8) is 0 Å². The van der Waals surface area contributed by atoms with Crippen LogP contribution in [0.5, 0.6) is 0 Å². The van der Waals surface area contributed by atoms with Crippen LogP contribution in [0, 0.1) is 6.92 Å². The molecule has 0 unspecified atom stereocenters. The summed E-state index contributed by atoms with van der Waals surface area (Å²) in [4.78, 5) is 13.6. The Morgan fingerprint density at radius 3 is 2.85 bits per heavy atom. The second-order valence-electron chi connectivity index (χ2n) is 6.82. The van der Waals surface area contributed by atoms with Gasteiger partial charge in [-0.1, -0.05) is 25.3 Å². The Morgan fingerprint density at radius 1 is 1.22 bits per heavy atom. The maximum atomic E-state index is 12.3. The van der Waals surface area contributed by atoms with Crippen LogP contribution in [0.3, 0.4) is 0 Å². The summed E-state index contributed by atoms with van der Waals surface area (Å²) in [6.45, 7) is 2.03. The molecule has 1 amide bonds. The van der Waals surface area contributed by atoms with Gasteiger partial charge in [0.1, 0.15) is 12.9 Å². The average Bonchev–Trinajstić information content (AvgIpc) is 3.34. The highest BCUT2D eigenvalue weighted by molar-refractivity contribution is 5.76. The van der Waals surface area contributed by atoms with Gasteiger partial charge in [0, 0.05) is 11.6 Å². The molecule has 0 spiro atoms. The van der Waals surface area contributed by atoms with Gasteiger partial charge in [-0.15, -0.1) is 15.3 Å². The molecule has 1 N–H and O–H groups in total. The molecular formula is C17H21N9O. The summed E-state index contributed by atoms with van der Waals surface area (Å²) < 4.78 is 1.55. The minimum absolute atomic E-state index is 0.0512. The molecule has 10 nitrogen and oxygen atoms in total. The Balaban J connectivity index is 1.50. The molecule has 1 saturated carbocycles. The molecule has 2 aromatic heterocycles. The Morgan fingerprint density at radius 2 is 2.07 bits per heavy atom. The minimum Gasteiger partial charge on any atom is -0.352 e. The maximum absolute atomic E-state index is 12.3. The molecule has 1 fully saturated rings. The summed E-state index contributed by atoms with van der Waals surface area (Å²) in [6, 6.07) is 6.07. The van der Waals surface area contributed by atoms with E-state index in [1.807, 2.05) is 25.1 Å². The van der Waals surface area contributed by atoms with E-state index < -0.39 is 0 Å². The monoisotopic (exact) mass is 367 g/mol. The molecule has 0 aliphatic heterocycles. The number of tetrazole rings is 2. The number of nitrogens with one attached hydrogen (secondary N) is 1. The van der Waals surface area contributed by atoms with Gasteiger partial charge in [-0.25, -0.2) is 0 Å². The highest BCUT2D eigenvalue weighted by Gasteiger charge is 2.18. The van der Waals surface area contributed by atoms with Crippen LogP contribution in [0.15, 0.2) is 24.5 Å². The van der Waals surface area contributed by atoms with E-state index in [0.717, 1.165) is 29.7 Å². The first-order valence-electron chi connectivity index (χ1n) is 9.10. The number of amides is 1. The summed E-state index contributed by atoms with van der Waals surface area (Å²) in [7, 11) is 0. The average molecular weight is 367 g/mol. The van der Waals surface area contributed by atoms with Gasteiger partial charge >= 0.3 is 0 Å². The van der Waals surface area contributed by atoms with Crippen molar-refractivity contribution in [1.82, 2.24) is 45.7 Å². The quantitative estimate of drug-likeness (QED) is 0.717. The Kier molecular flexibility index (Phi) is 4.86. The lowest BCUT2D eigenvalue weighted by Crippen LogP contribution is -2.38. The first kappa shape index (κ1) is 17.3. The summed E-state index contributed by atoms with van der Waals surface area (Å²) in [5.41, 5.74) is 2.56. The largest absolute Gasteiger partial charge is 0.352 e. The molecule has 27 heavy (non-hydrogen) atoms. The van der Waals surface area contributed by atoms with E-state index in [1.54, 1.807) is 4.68 Å². The summed E-state index contributed by atoms with van der Waals surface area (Å²) >= 11 is 0. The van der Waals surface area contributed by atoms with Crippen molar-refractivity contribution in [2.45, 2.75) is 51.6 Å². The zero-order valence-corrected chi connectivity index (χ0v) is 15.1. The zero-order chi connectivity index (χ0) is 18.6. The zero-order valence-electron chi connectivity index (χ0n) is 15.1. The lowest BCUT2D eigenvalue weighted by atomic mass is 9.95. The molecule has 1 aromatic carbocycles. The van der Waals surface area contributed by atoms with Crippen LogP contribution in [0.25, 0.3) is 17.1 Å². The molecule has 4 rings (SSSR count). The SMILES string of the molecule is Cc1ccc(-c2nnn(CC(=O)NC3CCCCC3)n2)c(-n2cnnn2)c1. The van der Waals surface area contributed by atoms with Gasteiger partial charge in [0.05, 0.1) is 5.69 Å². The number of nitrogens with zero attached hydrogens (tertiary/aromatic N) is 8.